The number of aryl methyl sites for hydroxylation is 1. The molecule has 1 aliphatic carbocycles. The Bertz CT molecular complexity index is 597. The monoisotopic (exact) mass is 271 g/mol. The molecule has 3 nitrogen and oxygen atoms in total. The fourth-order valence-corrected chi connectivity index (χ4v) is 3.49. The van der Waals surface area contributed by atoms with Crippen LogP contribution >= 0.6 is 0 Å². The number of aromatic nitrogens is 2. The van der Waals surface area contributed by atoms with Crippen molar-refractivity contribution < 1.29 is 0 Å². The van der Waals surface area contributed by atoms with E-state index >= 15 is 0 Å². The molecule has 1 heterocycles. The second-order valence-corrected chi connectivity index (χ2v) is 6.59. The van der Waals surface area contributed by atoms with Crippen LogP contribution in [0.1, 0.15) is 45.7 Å². The lowest BCUT2D eigenvalue weighted by Gasteiger charge is -2.27. The van der Waals surface area contributed by atoms with Crippen LogP contribution in [0.2, 0.25) is 0 Å². The number of benzene rings is 1. The van der Waals surface area contributed by atoms with Gasteiger partial charge in [-0.25, -0.2) is 0 Å². The van der Waals surface area contributed by atoms with Gasteiger partial charge in [0, 0.05) is 24.5 Å². The Morgan fingerprint density at radius 2 is 2.15 bits per heavy atom. The fraction of sp³-hybridized carbons (Fsp3) is 0.588. The molecule has 20 heavy (non-hydrogen) atoms. The second kappa shape index (κ2) is 5.21. The fourth-order valence-electron chi connectivity index (χ4n) is 3.49. The molecule has 3 heteroatoms. The first kappa shape index (κ1) is 13.6. The maximum Gasteiger partial charge on any atom is 0.0841 e. The minimum Gasteiger partial charge on any atom is -0.308 e. The maximum absolute atomic E-state index is 4.77. The van der Waals surface area contributed by atoms with Gasteiger partial charge in [0.05, 0.1) is 11.2 Å². The Morgan fingerprint density at radius 1 is 1.35 bits per heavy atom. The third kappa shape index (κ3) is 2.35. The number of hydrogen-bond acceptors (Lipinski definition) is 2. The molecule has 1 fully saturated rings. The molecule has 0 bridgehead atoms. The Morgan fingerprint density at radius 3 is 2.85 bits per heavy atom. The molecule has 0 radical (unpaired) electrons. The quantitative estimate of drug-likeness (QED) is 0.918. The van der Waals surface area contributed by atoms with E-state index in [-0.39, 0.29) is 0 Å². The number of fused-ring (bicyclic) bond motifs is 1. The zero-order valence-corrected chi connectivity index (χ0v) is 12.8. The topological polar surface area (TPSA) is 29.9 Å². The maximum atomic E-state index is 4.77. The summed E-state index contributed by atoms with van der Waals surface area (Å²) in [5, 5.41) is 9.80. The molecule has 1 aromatic carbocycles. The molecule has 1 saturated carbocycles. The summed E-state index contributed by atoms with van der Waals surface area (Å²) in [6.07, 6.45) is 3.96. The molecule has 108 valence electrons. The molecule has 1 unspecified atom stereocenters. The Kier molecular flexibility index (Phi) is 3.55. The molecule has 0 aliphatic heterocycles. The molecular formula is C17H25N3. The van der Waals surface area contributed by atoms with Gasteiger partial charge in [0.2, 0.25) is 0 Å². The summed E-state index contributed by atoms with van der Waals surface area (Å²) in [4.78, 5) is 0. The van der Waals surface area contributed by atoms with Gasteiger partial charge in [0.25, 0.3) is 0 Å². The lowest BCUT2D eigenvalue weighted by Crippen LogP contribution is -2.37. The Balaban J connectivity index is 1.81. The first-order chi connectivity index (χ1) is 9.62. The van der Waals surface area contributed by atoms with E-state index in [1.54, 1.807) is 0 Å². The average molecular weight is 271 g/mol. The van der Waals surface area contributed by atoms with E-state index in [2.05, 4.69) is 55.0 Å². The number of hydrogen-bond donors (Lipinski definition) is 1. The van der Waals surface area contributed by atoms with Crippen LogP contribution < -0.4 is 5.32 Å². The molecule has 1 atom stereocenters. The van der Waals surface area contributed by atoms with Crippen molar-refractivity contribution in [1.82, 2.24) is 15.1 Å². The van der Waals surface area contributed by atoms with Crippen molar-refractivity contribution in [2.24, 2.45) is 5.41 Å². The zero-order valence-electron chi connectivity index (χ0n) is 12.8. The molecule has 1 aromatic heterocycles. The minimum atomic E-state index is 0.420. The highest BCUT2D eigenvalue weighted by molar-refractivity contribution is 5.81. The second-order valence-electron chi connectivity index (χ2n) is 6.59. The normalized spacial score (nSPS) is 21.6. The third-order valence-corrected chi connectivity index (χ3v) is 4.81. The number of nitrogens with zero attached hydrogens (tertiary/aromatic N) is 2. The van der Waals surface area contributed by atoms with E-state index in [0.717, 1.165) is 13.1 Å². The predicted octanol–water partition coefficient (Wildman–Crippen LogP) is 3.72. The van der Waals surface area contributed by atoms with Gasteiger partial charge >= 0.3 is 0 Å². The zero-order chi connectivity index (χ0) is 14.2. The highest BCUT2D eigenvalue weighted by Crippen LogP contribution is 2.37. The summed E-state index contributed by atoms with van der Waals surface area (Å²) in [5.74, 6) is 0. The summed E-state index contributed by atoms with van der Waals surface area (Å²) in [7, 11) is 0. The largest absolute Gasteiger partial charge is 0.308 e. The van der Waals surface area contributed by atoms with E-state index in [4.69, 9.17) is 5.10 Å². The molecule has 1 aliphatic rings. The number of rotatable bonds is 4. The Hall–Kier alpha value is -1.35. The van der Waals surface area contributed by atoms with Gasteiger partial charge in [0.15, 0.2) is 0 Å². The van der Waals surface area contributed by atoms with Crippen LogP contribution in [0.15, 0.2) is 24.3 Å². The molecule has 2 aromatic rings. The van der Waals surface area contributed by atoms with Crippen LogP contribution in [0.4, 0.5) is 0 Å². The van der Waals surface area contributed by atoms with Gasteiger partial charge in [-0.05, 0) is 31.2 Å². The summed E-state index contributed by atoms with van der Waals surface area (Å²) in [5.41, 5.74) is 2.85. The highest BCUT2D eigenvalue weighted by Gasteiger charge is 2.34. The summed E-state index contributed by atoms with van der Waals surface area (Å²) >= 11 is 0. The number of nitrogens with one attached hydrogen (secondary N) is 1. The van der Waals surface area contributed by atoms with E-state index in [0.29, 0.717) is 11.5 Å². The van der Waals surface area contributed by atoms with Crippen molar-refractivity contribution >= 4 is 10.9 Å². The molecule has 0 saturated heterocycles. The van der Waals surface area contributed by atoms with Gasteiger partial charge in [-0.15, -0.1) is 0 Å². The van der Waals surface area contributed by atoms with Crippen LogP contribution in [0.25, 0.3) is 10.9 Å². The van der Waals surface area contributed by atoms with Gasteiger partial charge in [-0.2, -0.15) is 5.10 Å². The standard InChI is InChI=1S/C17H25N3/c1-4-20-15-9-6-5-8-13(15)14(19-20)12-18-16-10-7-11-17(16,2)3/h5-6,8-9,16,18H,4,7,10-12H2,1-3H3. The minimum absolute atomic E-state index is 0.420. The van der Waals surface area contributed by atoms with E-state index < -0.39 is 0 Å². The van der Waals surface area contributed by atoms with Crippen molar-refractivity contribution in [2.75, 3.05) is 0 Å². The first-order valence-corrected chi connectivity index (χ1v) is 7.79. The van der Waals surface area contributed by atoms with Crippen LogP contribution in [-0.2, 0) is 13.1 Å². The lowest BCUT2D eigenvalue weighted by molar-refractivity contribution is 0.282. The first-order valence-electron chi connectivity index (χ1n) is 7.79. The average Bonchev–Trinajstić information content (AvgIpc) is 2.96. The molecule has 0 spiro atoms. The van der Waals surface area contributed by atoms with Gasteiger partial charge < -0.3 is 5.32 Å². The molecule has 3 rings (SSSR count). The number of para-hydroxylation sites is 1. The summed E-state index contributed by atoms with van der Waals surface area (Å²) in [6, 6.07) is 9.16. The van der Waals surface area contributed by atoms with Crippen molar-refractivity contribution in [1.29, 1.82) is 0 Å². The molecular weight excluding hydrogens is 246 g/mol. The van der Waals surface area contributed by atoms with Crippen LogP contribution in [-0.4, -0.2) is 15.8 Å². The van der Waals surface area contributed by atoms with Crippen LogP contribution in [0.3, 0.4) is 0 Å². The van der Waals surface area contributed by atoms with Crippen LogP contribution in [0.5, 0.6) is 0 Å². The predicted molar refractivity (Wildman–Crippen MR) is 83.7 cm³/mol. The van der Waals surface area contributed by atoms with Crippen molar-refractivity contribution in [3.8, 4) is 0 Å². The molecule has 0 amide bonds. The van der Waals surface area contributed by atoms with Crippen LogP contribution in [0, 0.1) is 5.41 Å². The van der Waals surface area contributed by atoms with E-state index in [1.807, 2.05) is 0 Å². The SMILES string of the molecule is CCn1nc(CNC2CCCC2(C)C)c2ccccc21. The molecule has 1 N–H and O–H groups in total. The van der Waals surface area contributed by atoms with Gasteiger partial charge in [0.1, 0.15) is 0 Å². The van der Waals surface area contributed by atoms with Crippen molar-refractivity contribution in [3.63, 3.8) is 0 Å². The highest BCUT2D eigenvalue weighted by atomic mass is 15.3. The van der Waals surface area contributed by atoms with Crippen molar-refractivity contribution in [3.05, 3.63) is 30.0 Å². The van der Waals surface area contributed by atoms with E-state index in [9.17, 15) is 0 Å². The van der Waals surface area contributed by atoms with E-state index in [1.165, 1.54) is 35.9 Å². The summed E-state index contributed by atoms with van der Waals surface area (Å²) < 4.78 is 2.10. The summed E-state index contributed by atoms with van der Waals surface area (Å²) in [6.45, 7) is 8.70. The van der Waals surface area contributed by atoms with Gasteiger partial charge in [-0.1, -0.05) is 38.5 Å². The smallest absolute Gasteiger partial charge is 0.0841 e. The third-order valence-electron chi connectivity index (χ3n) is 4.81. The van der Waals surface area contributed by atoms with Gasteiger partial charge in [-0.3, -0.25) is 4.68 Å². The lowest BCUT2D eigenvalue weighted by atomic mass is 9.87. The Labute approximate surface area is 121 Å². The van der Waals surface area contributed by atoms with Crippen molar-refractivity contribution in [2.45, 2.75) is 59.2 Å².